The standard InChI is InChI=1S/C15H22N2O4/c1-4-8-21-13-7-6-12(9-14(13)20-5-2)10-16-17-15(19)11(3)18/h6-7,9-11,18H,4-5,8H2,1-3H3,(H,17,19)/b16-10-/t11-/m0/s1. The fraction of sp³-hybridized carbons (Fsp3) is 0.467. The van der Waals surface area contributed by atoms with Gasteiger partial charge in [-0.3, -0.25) is 4.79 Å². The van der Waals surface area contributed by atoms with Gasteiger partial charge in [-0.05, 0) is 44.0 Å². The van der Waals surface area contributed by atoms with E-state index in [1.54, 1.807) is 12.1 Å². The molecule has 0 aliphatic heterocycles. The summed E-state index contributed by atoms with van der Waals surface area (Å²) in [5.41, 5.74) is 3.00. The minimum Gasteiger partial charge on any atom is -0.490 e. The topological polar surface area (TPSA) is 80.2 Å². The number of rotatable bonds is 8. The Labute approximate surface area is 124 Å². The molecule has 0 unspecified atom stereocenters. The summed E-state index contributed by atoms with van der Waals surface area (Å²) in [6.07, 6.45) is 1.30. The summed E-state index contributed by atoms with van der Waals surface area (Å²) in [5.74, 6) is 0.764. The van der Waals surface area contributed by atoms with Gasteiger partial charge in [-0.1, -0.05) is 6.92 Å². The van der Waals surface area contributed by atoms with Gasteiger partial charge in [0.05, 0.1) is 19.4 Å². The predicted molar refractivity (Wildman–Crippen MR) is 80.8 cm³/mol. The monoisotopic (exact) mass is 294 g/mol. The van der Waals surface area contributed by atoms with Gasteiger partial charge in [0.15, 0.2) is 11.5 Å². The van der Waals surface area contributed by atoms with E-state index in [1.807, 2.05) is 19.9 Å². The number of amides is 1. The Hall–Kier alpha value is -2.08. The second kappa shape index (κ2) is 8.97. The predicted octanol–water partition coefficient (Wildman–Crippen LogP) is 1.70. The van der Waals surface area contributed by atoms with Crippen LogP contribution in [0.2, 0.25) is 0 Å². The summed E-state index contributed by atoms with van der Waals surface area (Å²) in [5, 5.41) is 12.8. The maximum atomic E-state index is 11.2. The third-order valence-corrected chi connectivity index (χ3v) is 2.50. The van der Waals surface area contributed by atoms with E-state index < -0.39 is 12.0 Å². The zero-order chi connectivity index (χ0) is 15.7. The number of ether oxygens (including phenoxy) is 2. The first-order valence-corrected chi connectivity index (χ1v) is 6.99. The molecule has 0 aromatic heterocycles. The van der Waals surface area contributed by atoms with Crippen LogP contribution >= 0.6 is 0 Å². The van der Waals surface area contributed by atoms with E-state index in [0.29, 0.717) is 24.7 Å². The molecule has 1 amide bonds. The molecule has 1 aromatic carbocycles. The minimum atomic E-state index is -1.09. The largest absolute Gasteiger partial charge is 0.490 e. The van der Waals surface area contributed by atoms with Crippen molar-refractivity contribution < 1.29 is 19.4 Å². The molecule has 1 atom stereocenters. The molecule has 0 radical (unpaired) electrons. The molecule has 0 aliphatic carbocycles. The van der Waals surface area contributed by atoms with Crippen LogP contribution in [0.25, 0.3) is 0 Å². The van der Waals surface area contributed by atoms with Gasteiger partial charge in [0.25, 0.3) is 5.91 Å². The molecule has 0 heterocycles. The lowest BCUT2D eigenvalue weighted by Gasteiger charge is -2.11. The lowest BCUT2D eigenvalue weighted by Crippen LogP contribution is -2.28. The van der Waals surface area contributed by atoms with Crippen molar-refractivity contribution in [3.63, 3.8) is 0 Å². The number of hydrogen-bond acceptors (Lipinski definition) is 5. The van der Waals surface area contributed by atoms with Crippen LogP contribution in [0.4, 0.5) is 0 Å². The third kappa shape index (κ3) is 5.83. The van der Waals surface area contributed by atoms with Crippen molar-refractivity contribution in [1.82, 2.24) is 5.43 Å². The number of hydrazone groups is 1. The van der Waals surface area contributed by atoms with Crippen molar-refractivity contribution in [1.29, 1.82) is 0 Å². The Balaban J connectivity index is 2.77. The molecular weight excluding hydrogens is 272 g/mol. The van der Waals surface area contributed by atoms with Gasteiger partial charge in [0, 0.05) is 0 Å². The molecule has 0 bridgehead atoms. The average Bonchev–Trinajstić information content (AvgIpc) is 2.46. The molecule has 0 spiro atoms. The van der Waals surface area contributed by atoms with Crippen molar-refractivity contribution in [2.24, 2.45) is 5.10 Å². The maximum Gasteiger partial charge on any atom is 0.268 e. The fourth-order valence-electron chi connectivity index (χ4n) is 1.47. The molecule has 1 rings (SSSR count). The van der Waals surface area contributed by atoms with E-state index in [9.17, 15) is 4.79 Å². The van der Waals surface area contributed by atoms with Crippen LogP contribution in [0, 0.1) is 0 Å². The second-order valence-corrected chi connectivity index (χ2v) is 4.40. The molecule has 6 heteroatoms. The molecule has 2 N–H and O–H groups in total. The summed E-state index contributed by atoms with van der Waals surface area (Å²) < 4.78 is 11.1. The zero-order valence-electron chi connectivity index (χ0n) is 12.6. The highest BCUT2D eigenvalue weighted by Crippen LogP contribution is 2.28. The Morgan fingerprint density at radius 1 is 1.38 bits per heavy atom. The van der Waals surface area contributed by atoms with Crippen molar-refractivity contribution in [2.45, 2.75) is 33.3 Å². The van der Waals surface area contributed by atoms with Crippen molar-refractivity contribution >= 4 is 12.1 Å². The smallest absolute Gasteiger partial charge is 0.268 e. The van der Waals surface area contributed by atoms with E-state index in [1.165, 1.54) is 13.1 Å². The molecule has 0 saturated carbocycles. The number of aliphatic hydroxyl groups is 1. The van der Waals surface area contributed by atoms with Gasteiger partial charge in [-0.25, -0.2) is 5.43 Å². The summed E-state index contributed by atoms with van der Waals surface area (Å²) in [6, 6.07) is 5.40. The highest BCUT2D eigenvalue weighted by molar-refractivity contribution is 5.84. The fourth-order valence-corrected chi connectivity index (χ4v) is 1.47. The van der Waals surface area contributed by atoms with E-state index in [-0.39, 0.29) is 0 Å². The van der Waals surface area contributed by atoms with E-state index in [2.05, 4.69) is 10.5 Å². The Morgan fingerprint density at radius 3 is 2.76 bits per heavy atom. The number of nitrogens with one attached hydrogen (secondary N) is 1. The van der Waals surface area contributed by atoms with Gasteiger partial charge in [0.2, 0.25) is 0 Å². The van der Waals surface area contributed by atoms with Crippen LogP contribution in [0.1, 0.15) is 32.8 Å². The number of hydrogen-bond donors (Lipinski definition) is 2. The minimum absolute atomic E-state index is 0.530. The van der Waals surface area contributed by atoms with E-state index in [4.69, 9.17) is 14.6 Å². The molecular formula is C15H22N2O4. The Morgan fingerprint density at radius 2 is 2.14 bits per heavy atom. The lowest BCUT2D eigenvalue weighted by molar-refractivity contribution is -0.128. The number of aliphatic hydroxyl groups excluding tert-OH is 1. The number of nitrogens with zero attached hydrogens (tertiary/aromatic N) is 1. The van der Waals surface area contributed by atoms with Crippen molar-refractivity contribution in [3.05, 3.63) is 23.8 Å². The van der Waals surface area contributed by atoms with Crippen molar-refractivity contribution in [3.8, 4) is 11.5 Å². The average molecular weight is 294 g/mol. The van der Waals surface area contributed by atoms with Crippen LogP contribution in [-0.2, 0) is 4.79 Å². The highest BCUT2D eigenvalue weighted by Gasteiger charge is 2.07. The summed E-state index contributed by atoms with van der Waals surface area (Å²) in [4.78, 5) is 11.2. The quantitative estimate of drug-likeness (QED) is 0.565. The van der Waals surface area contributed by atoms with Gasteiger partial charge in [0.1, 0.15) is 6.10 Å². The first kappa shape index (κ1) is 17.0. The zero-order valence-corrected chi connectivity index (χ0v) is 12.6. The summed E-state index contributed by atoms with van der Waals surface area (Å²) in [7, 11) is 0. The highest BCUT2D eigenvalue weighted by atomic mass is 16.5. The molecule has 6 nitrogen and oxygen atoms in total. The summed E-state index contributed by atoms with van der Waals surface area (Å²) >= 11 is 0. The number of carbonyl (C=O) groups is 1. The summed E-state index contributed by atoms with van der Waals surface area (Å²) in [6.45, 7) is 6.46. The molecule has 0 aliphatic rings. The molecule has 0 fully saturated rings. The Bertz CT molecular complexity index is 487. The van der Waals surface area contributed by atoms with Crippen LogP contribution in [0.5, 0.6) is 11.5 Å². The Kier molecular flexibility index (Phi) is 7.25. The van der Waals surface area contributed by atoms with E-state index >= 15 is 0 Å². The first-order valence-electron chi connectivity index (χ1n) is 6.99. The molecule has 21 heavy (non-hydrogen) atoms. The van der Waals surface area contributed by atoms with Gasteiger partial charge in [-0.2, -0.15) is 5.10 Å². The number of carbonyl (C=O) groups excluding carboxylic acids is 1. The van der Waals surface area contributed by atoms with Crippen LogP contribution in [-0.4, -0.2) is 36.5 Å². The number of benzene rings is 1. The third-order valence-electron chi connectivity index (χ3n) is 2.50. The van der Waals surface area contributed by atoms with Crippen LogP contribution in [0.15, 0.2) is 23.3 Å². The first-order chi connectivity index (χ1) is 10.1. The van der Waals surface area contributed by atoms with Crippen molar-refractivity contribution in [2.75, 3.05) is 13.2 Å². The normalized spacial score (nSPS) is 12.2. The lowest BCUT2D eigenvalue weighted by atomic mass is 10.2. The van der Waals surface area contributed by atoms with Crippen LogP contribution < -0.4 is 14.9 Å². The molecule has 1 aromatic rings. The van der Waals surface area contributed by atoms with E-state index in [0.717, 1.165) is 12.0 Å². The second-order valence-electron chi connectivity index (χ2n) is 4.40. The molecule has 116 valence electrons. The maximum absolute atomic E-state index is 11.2. The van der Waals surface area contributed by atoms with Gasteiger partial charge in [-0.15, -0.1) is 0 Å². The van der Waals surface area contributed by atoms with Crippen LogP contribution in [0.3, 0.4) is 0 Å². The molecule has 0 saturated heterocycles. The van der Waals surface area contributed by atoms with Gasteiger partial charge >= 0.3 is 0 Å². The van der Waals surface area contributed by atoms with Gasteiger partial charge < -0.3 is 14.6 Å². The SMILES string of the molecule is CCCOc1ccc(/C=N\NC(=O)[C@H](C)O)cc1OCC.